The van der Waals surface area contributed by atoms with Gasteiger partial charge >= 0.3 is 96.7 Å². The van der Waals surface area contributed by atoms with E-state index in [1.165, 1.54) is 12.0 Å². The summed E-state index contributed by atoms with van der Waals surface area (Å²) in [4.78, 5) is 0. The van der Waals surface area contributed by atoms with Crippen LogP contribution in [0.25, 0.3) is 0 Å². The van der Waals surface area contributed by atoms with Gasteiger partial charge in [-0.05, 0) is 0 Å². The molecule has 0 aliphatic rings. The summed E-state index contributed by atoms with van der Waals surface area (Å²) in [5, 5.41) is 8.75. The van der Waals surface area contributed by atoms with Gasteiger partial charge in [-0.2, -0.15) is 0 Å². The predicted molar refractivity (Wildman–Crippen MR) is 62.3 cm³/mol. The molecule has 0 aromatic heterocycles. The van der Waals surface area contributed by atoms with E-state index in [4.69, 9.17) is 5.11 Å². The number of hydrogen-bond acceptors (Lipinski definition) is 1. The zero-order valence-corrected chi connectivity index (χ0v) is 11.2. The SMILES string of the molecule is Cc1ccccc1[Te]C(C)CCCO. The van der Waals surface area contributed by atoms with Gasteiger partial charge in [0.2, 0.25) is 0 Å². The Morgan fingerprint density at radius 2 is 2.07 bits per heavy atom. The first-order chi connectivity index (χ1) is 6.74. The molecule has 0 spiro atoms. The van der Waals surface area contributed by atoms with Gasteiger partial charge in [0.25, 0.3) is 0 Å². The third-order valence-corrected chi connectivity index (χ3v) is 6.04. The van der Waals surface area contributed by atoms with Crippen LogP contribution in [0.5, 0.6) is 0 Å². The van der Waals surface area contributed by atoms with Crippen LogP contribution < -0.4 is 3.61 Å². The fourth-order valence-corrected chi connectivity index (χ4v) is 4.57. The maximum absolute atomic E-state index is 8.75. The zero-order valence-electron chi connectivity index (χ0n) is 8.86. The van der Waals surface area contributed by atoms with Crippen molar-refractivity contribution in [1.29, 1.82) is 0 Å². The molecule has 1 aromatic carbocycles. The molecule has 0 fully saturated rings. The average Bonchev–Trinajstić information content (AvgIpc) is 2.18. The number of hydrogen-bond donors (Lipinski definition) is 1. The second-order valence-corrected chi connectivity index (χ2v) is 7.78. The first kappa shape index (κ1) is 12.0. The van der Waals surface area contributed by atoms with Crippen molar-refractivity contribution in [2.75, 3.05) is 6.61 Å². The van der Waals surface area contributed by atoms with Crippen molar-refractivity contribution in [2.45, 2.75) is 30.7 Å². The molecule has 0 aliphatic heterocycles. The molecule has 0 amide bonds. The quantitative estimate of drug-likeness (QED) is 0.824. The summed E-state index contributed by atoms with van der Waals surface area (Å²) < 4.78 is 2.37. The summed E-state index contributed by atoms with van der Waals surface area (Å²) in [5.41, 5.74) is 1.44. The van der Waals surface area contributed by atoms with Gasteiger partial charge < -0.3 is 0 Å². The molecule has 1 nitrogen and oxygen atoms in total. The Labute approximate surface area is 96.6 Å². The minimum absolute atomic E-state index is 0.0655. The van der Waals surface area contributed by atoms with E-state index >= 15 is 0 Å². The number of rotatable bonds is 5. The van der Waals surface area contributed by atoms with Crippen LogP contribution in [-0.4, -0.2) is 32.6 Å². The van der Waals surface area contributed by atoms with E-state index in [9.17, 15) is 0 Å². The molecule has 0 heterocycles. The zero-order chi connectivity index (χ0) is 10.4. The van der Waals surface area contributed by atoms with E-state index in [1.807, 2.05) is 0 Å². The van der Waals surface area contributed by atoms with E-state index in [2.05, 4.69) is 38.1 Å². The van der Waals surface area contributed by atoms with Crippen LogP contribution in [0.15, 0.2) is 24.3 Å². The van der Waals surface area contributed by atoms with Crippen molar-refractivity contribution in [3.63, 3.8) is 0 Å². The number of benzene rings is 1. The van der Waals surface area contributed by atoms with Crippen molar-refractivity contribution in [3.8, 4) is 0 Å². The van der Waals surface area contributed by atoms with Crippen LogP contribution in [-0.2, 0) is 0 Å². The molecule has 0 aliphatic carbocycles. The number of aliphatic hydroxyl groups excluding tert-OH is 1. The van der Waals surface area contributed by atoms with Crippen LogP contribution in [0, 0.1) is 6.92 Å². The van der Waals surface area contributed by atoms with Crippen molar-refractivity contribution in [1.82, 2.24) is 0 Å². The standard InChI is InChI=1S/C12H18OTe/c1-10-6-3-4-8-12(10)14-11(2)7-5-9-13/h3-4,6,8,11,13H,5,7,9H2,1-2H3. The van der Waals surface area contributed by atoms with Crippen LogP contribution in [0.3, 0.4) is 0 Å². The van der Waals surface area contributed by atoms with Crippen LogP contribution in [0.4, 0.5) is 0 Å². The fourth-order valence-electron chi connectivity index (χ4n) is 1.34. The summed E-state index contributed by atoms with van der Waals surface area (Å²) in [6.07, 6.45) is 2.13. The van der Waals surface area contributed by atoms with Crippen LogP contribution in [0.2, 0.25) is 3.97 Å². The van der Waals surface area contributed by atoms with Gasteiger partial charge in [-0.3, -0.25) is 0 Å². The average molecular weight is 306 g/mol. The molecule has 1 atom stereocenters. The van der Waals surface area contributed by atoms with E-state index in [0.29, 0.717) is 6.61 Å². The summed E-state index contributed by atoms with van der Waals surface area (Å²) >= 11 is -0.0655. The molecule has 0 saturated heterocycles. The van der Waals surface area contributed by atoms with Gasteiger partial charge in [-0.25, -0.2) is 0 Å². The van der Waals surface area contributed by atoms with Crippen molar-refractivity contribution in [2.24, 2.45) is 0 Å². The van der Waals surface area contributed by atoms with Crippen molar-refractivity contribution in [3.05, 3.63) is 29.8 Å². The van der Waals surface area contributed by atoms with Gasteiger partial charge in [0.15, 0.2) is 0 Å². The van der Waals surface area contributed by atoms with Gasteiger partial charge in [0.1, 0.15) is 0 Å². The molecular weight excluding hydrogens is 288 g/mol. The summed E-state index contributed by atoms with van der Waals surface area (Å²) in [6, 6.07) is 8.68. The van der Waals surface area contributed by atoms with Gasteiger partial charge in [-0.15, -0.1) is 0 Å². The normalized spacial score (nSPS) is 12.8. The predicted octanol–water partition coefficient (Wildman–Crippen LogP) is 1.91. The van der Waals surface area contributed by atoms with E-state index in [1.54, 1.807) is 3.61 Å². The molecule has 2 heteroatoms. The molecule has 78 valence electrons. The third kappa shape index (κ3) is 4.00. The summed E-state index contributed by atoms with van der Waals surface area (Å²) in [5.74, 6) is 0. The van der Waals surface area contributed by atoms with E-state index in [-0.39, 0.29) is 20.9 Å². The molecule has 0 saturated carbocycles. The molecule has 0 radical (unpaired) electrons. The monoisotopic (exact) mass is 308 g/mol. The first-order valence-corrected chi connectivity index (χ1v) is 7.58. The van der Waals surface area contributed by atoms with E-state index < -0.39 is 0 Å². The Kier molecular flexibility index (Phi) is 5.55. The van der Waals surface area contributed by atoms with Crippen LogP contribution >= 0.6 is 0 Å². The fraction of sp³-hybridized carbons (Fsp3) is 0.500. The number of aryl methyl sites for hydroxylation is 1. The Balaban J connectivity index is 2.47. The molecular formula is C12H18OTe. The molecule has 1 rings (SSSR count). The summed E-state index contributed by atoms with van der Waals surface area (Å²) in [6.45, 7) is 4.84. The van der Waals surface area contributed by atoms with E-state index in [0.717, 1.165) is 10.4 Å². The summed E-state index contributed by atoms with van der Waals surface area (Å²) in [7, 11) is 0. The van der Waals surface area contributed by atoms with Gasteiger partial charge in [-0.1, -0.05) is 0 Å². The Bertz CT molecular complexity index is 273. The van der Waals surface area contributed by atoms with Gasteiger partial charge in [0.05, 0.1) is 0 Å². The maximum atomic E-state index is 8.75. The molecule has 1 unspecified atom stereocenters. The number of aliphatic hydroxyl groups is 1. The second-order valence-electron chi connectivity index (χ2n) is 3.56. The van der Waals surface area contributed by atoms with Crippen molar-refractivity contribution >= 4 is 24.5 Å². The Hall–Kier alpha value is -0.0304. The topological polar surface area (TPSA) is 20.2 Å². The minimum atomic E-state index is -0.0655. The van der Waals surface area contributed by atoms with Gasteiger partial charge in [0, 0.05) is 0 Å². The van der Waals surface area contributed by atoms with Crippen molar-refractivity contribution < 1.29 is 5.11 Å². The Morgan fingerprint density at radius 1 is 1.36 bits per heavy atom. The first-order valence-electron chi connectivity index (χ1n) is 5.07. The molecule has 0 bridgehead atoms. The molecule has 1 N–H and O–H groups in total. The third-order valence-electron chi connectivity index (χ3n) is 2.19. The second kappa shape index (κ2) is 6.45. The molecule has 1 aromatic rings. The Morgan fingerprint density at radius 3 is 2.71 bits per heavy atom. The molecule has 14 heavy (non-hydrogen) atoms. The van der Waals surface area contributed by atoms with Crippen LogP contribution in [0.1, 0.15) is 25.3 Å².